The lowest BCUT2D eigenvalue weighted by atomic mass is 9.97. The molecule has 5 heteroatoms. The second kappa shape index (κ2) is 6.55. The third-order valence-corrected chi connectivity index (χ3v) is 4.12. The van der Waals surface area contributed by atoms with Crippen LogP contribution in [0.25, 0.3) is 6.08 Å². The zero-order valence-electron chi connectivity index (χ0n) is 13.0. The fraction of sp³-hybridized carbons (Fsp3) is 0.211. The van der Waals surface area contributed by atoms with Gasteiger partial charge in [-0.3, -0.25) is 10.1 Å². The summed E-state index contributed by atoms with van der Waals surface area (Å²) in [5.41, 5.74) is 1.10. The predicted octanol–water partition coefficient (Wildman–Crippen LogP) is 4.24. The summed E-state index contributed by atoms with van der Waals surface area (Å²) in [5.74, 6) is 0.218. The maximum absolute atomic E-state index is 11.3. The molecular formula is C19H16N2O3. The quantitative estimate of drug-likeness (QED) is 0.589. The predicted molar refractivity (Wildman–Crippen MR) is 90.6 cm³/mol. The number of nitro benzene ring substituents is 1. The summed E-state index contributed by atoms with van der Waals surface area (Å²) in [4.78, 5) is 10.8. The molecule has 0 atom stereocenters. The first-order chi connectivity index (χ1) is 11.6. The van der Waals surface area contributed by atoms with E-state index in [1.165, 1.54) is 6.07 Å². The molecule has 1 aliphatic carbocycles. The van der Waals surface area contributed by atoms with E-state index in [0.29, 0.717) is 5.56 Å². The van der Waals surface area contributed by atoms with Crippen LogP contribution in [-0.2, 0) is 5.41 Å². The Morgan fingerprint density at radius 3 is 2.62 bits per heavy atom. The van der Waals surface area contributed by atoms with E-state index in [1.54, 1.807) is 12.1 Å². The Balaban J connectivity index is 1.72. The summed E-state index contributed by atoms with van der Waals surface area (Å²) in [6, 6.07) is 16.8. The SMILES string of the molecule is N#CC1(c2ccc(OCC=Cc3ccccc3)c([N+](=O)[O-])c2)CC1. The molecule has 24 heavy (non-hydrogen) atoms. The topological polar surface area (TPSA) is 76.2 Å². The van der Waals surface area contributed by atoms with Gasteiger partial charge in [0.2, 0.25) is 0 Å². The third-order valence-electron chi connectivity index (χ3n) is 4.12. The molecule has 0 heterocycles. The van der Waals surface area contributed by atoms with Gasteiger partial charge in [-0.25, -0.2) is 0 Å². The standard InChI is InChI=1S/C19H16N2O3/c20-14-19(10-11-19)16-8-9-18(17(13-16)21(22)23)24-12-4-7-15-5-2-1-3-6-15/h1-9,13H,10-12H2. The molecule has 2 aromatic rings. The van der Waals surface area contributed by atoms with Crippen molar-refractivity contribution in [2.24, 2.45) is 0 Å². The Morgan fingerprint density at radius 2 is 2.00 bits per heavy atom. The van der Waals surface area contributed by atoms with Crippen LogP contribution in [0.5, 0.6) is 5.75 Å². The first-order valence-electron chi connectivity index (χ1n) is 7.69. The molecule has 1 saturated carbocycles. The van der Waals surface area contributed by atoms with Crippen molar-refractivity contribution in [3.63, 3.8) is 0 Å². The molecule has 1 fully saturated rings. The molecule has 5 nitrogen and oxygen atoms in total. The zero-order valence-corrected chi connectivity index (χ0v) is 13.0. The lowest BCUT2D eigenvalue weighted by molar-refractivity contribution is -0.385. The molecule has 0 bridgehead atoms. The highest BCUT2D eigenvalue weighted by Gasteiger charge is 2.45. The Hall–Kier alpha value is -3.13. The lowest BCUT2D eigenvalue weighted by Crippen LogP contribution is -2.05. The van der Waals surface area contributed by atoms with Crippen molar-refractivity contribution in [2.45, 2.75) is 18.3 Å². The van der Waals surface area contributed by atoms with Crippen molar-refractivity contribution < 1.29 is 9.66 Å². The maximum Gasteiger partial charge on any atom is 0.311 e. The summed E-state index contributed by atoms with van der Waals surface area (Å²) in [5, 5.41) is 20.5. The number of nitriles is 1. The average Bonchev–Trinajstić information content (AvgIpc) is 3.41. The van der Waals surface area contributed by atoms with E-state index in [-0.39, 0.29) is 18.0 Å². The van der Waals surface area contributed by atoms with Crippen LogP contribution >= 0.6 is 0 Å². The molecule has 2 aromatic carbocycles. The third kappa shape index (κ3) is 3.28. The molecule has 0 unspecified atom stereocenters. The van der Waals surface area contributed by atoms with E-state index in [2.05, 4.69) is 6.07 Å². The van der Waals surface area contributed by atoms with Gasteiger partial charge in [-0.1, -0.05) is 42.5 Å². The number of nitrogens with zero attached hydrogens (tertiary/aromatic N) is 2. The number of nitro groups is 1. The van der Waals surface area contributed by atoms with E-state index < -0.39 is 10.3 Å². The normalized spacial score (nSPS) is 15.0. The minimum atomic E-state index is -0.545. The van der Waals surface area contributed by atoms with Crippen LogP contribution in [0.4, 0.5) is 5.69 Å². The highest BCUT2D eigenvalue weighted by molar-refractivity contribution is 5.54. The van der Waals surface area contributed by atoms with E-state index in [9.17, 15) is 15.4 Å². The van der Waals surface area contributed by atoms with Crippen LogP contribution in [0.1, 0.15) is 24.0 Å². The van der Waals surface area contributed by atoms with Gasteiger partial charge in [0, 0.05) is 6.07 Å². The molecule has 0 spiro atoms. The fourth-order valence-electron chi connectivity index (χ4n) is 2.56. The Kier molecular flexibility index (Phi) is 4.30. The van der Waals surface area contributed by atoms with Crippen LogP contribution in [-0.4, -0.2) is 11.5 Å². The van der Waals surface area contributed by atoms with Crippen molar-refractivity contribution in [3.8, 4) is 11.8 Å². The molecular weight excluding hydrogens is 304 g/mol. The van der Waals surface area contributed by atoms with Gasteiger partial charge >= 0.3 is 5.69 Å². The average molecular weight is 320 g/mol. The van der Waals surface area contributed by atoms with Gasteiger partial charge in [0.05, 0.1) is 16.4 Å². The highest BCUT2D eigenvalue weighted by Crippen LogP contribution is 2.49. The van der Waals surface area contributed by atoms with Gasteiger partial charge in [-0.15, -0.1) is 0 Å². The Labute approximate surface area is 140 Å². The molecule has 0 radical (unpaired) electrons. The van der Waals surface area contributed by atoms with Crippen LogP contribution in [0.3, 0.4) is 0 Å². The highest BCUT2D eigenvalue weighted by atomic mass is 16.6. The second-order valence-electron chi connectivity index (χ2n) is 5.76. The molecule has 0 aromatic heterocycles. The van der Waals surface area contributed by atoms with Crippen molar-refractivity contribution >= 4 is 11.8 Å². The van der Waals surface area contributed by atoms with Gasteiger partial charge in [-0.2, -0.15) is 5.26 Å². The molecule has 0 aliphatic heterocycles. The minimum absolute atomic E-state index is 0.0952. The Bertz CT molecular complexity index is 818. The van der Waals surface area contributed by atoms with Crippen LogP contribution in [0, 0.1) is 21.4 Å². The second-order valence-corrected chi connectivity index (χ2v) is 5.76. The molecule has 3 rings (SSSR count). The van der Waals surface area contributed by atoms with Crippen LogP contribution in [0.2, 0.25) is 0 Å². The first kappa shape index (κ1) is 15.8. The van der Waals surface area contributed by atoms with Gasteiger partial charge < -0.3 is 4.74 Å². The summed E-state index contributed by atoms with van der Waals surface area (Å²) >= 11 is 0. The van der Waals surface area contributed by atoms with Gasteiger partial charge in [-0.05, 0) is 36.1 Å². The largest absolute Gasteiger partial charge is 0.483 e. The number of hydrogen-bond acceptors (Lipinski definition) is 4. The van der Waals surface area contributed by atoms with Crippen molar-refractivity contribution in [3.05, 3.63) is 75.8 Å². The number of rotatable bonds is 6. The van der Waals surface area contributed by atoms with Crippen LogP contribution in [0.15, 0.2) is 54.6 Å². The van der Waals surface area contributed by atoms with E-state index >= 15 is 0 Å². The van der Waals surface area contributed by atoms with E-state index in [0.717, 1.165) is 18.4 Å². The van der Waals surface area contributed by atoms with Gasteiger partial charge in [0.1, 0.15) is 6.61 Å². The monoisotopic (exact) mass is 320 g/mol. The summed E-state index contributed by atoms with van der Waals surface area (Å²) in [7, 11) is 0. The fourth-order valence-corrected chi connectivity index (χ4v) is 2.56. The van der Waals surface area contributed by atoms with E-state index in [4.69, 9.17) is 4.74 Å². The smallest absolute Gasteiger partial charge is 0.311 e. The van der Waals surface area contributed by atoms with Gasteiger partial charge in [0.25, 0.3) is 0 Å². The lowest BCUT2D eigenvalue weighted by Gasteiger charge is -2.09. The summed E-state index contributed by atoms with van der Waals surface area (Å²) in [6.07, 6.45) is 5.21. The number of benzene rings is 2. The first-order valence-corrected chi connectivity index (χ1v) is 7.69. The summed E-state index contributed by atoms with van der Waals surface area (Å²) in [6.45, 7) is 0.235. The zero-order chi connectivity index (χ0) is 17.0. The molecule has 0 saturated heterocycles. The molecule has 120 valence electrons. The van der Waals surface area contributed by atoms with Gasteiger partial charge in [0.15, 0.2) is 5.75 Å². The van der Waals surface area contributed by atoms with E-state index in [1.807, 2.05) is 42.5 Å². The van der Waals surface area contributed by atoms with Crippen molar-refractivity contribution in [1.82, 2.24) is 0 Å². The van der Waals surface area contributed by atoms with Crippen LogP contribution < -0.4 is 4.74 Å². The van der Waals surface area contributed by atoms with Crippen molar-refractivity contribution in [1.29, 1.82) is 5.26 Å². The maximum atomic E-state index is 11.3. The molecule has 0 amide bonds. The molecule has 0 N–H and O–H groups in total. The number of ether oxygens (including phenoxy) is 1. The molecule has 1 aliphatic rings. The van der Waals surface area contributed by atoms with Crippen molar-refractivity contribution in [2.75, 3.05) is 6.61 Å². The summed E-state index contributed by atoms with van der Waals surface area (Å²) < 4.78 is 5.53. The number of hydrogen-bond donors (Lipinski definition) is 0. The Morgan fingerprint density at radius 1 is 1.25 bits per heavy atom. The minimum Gasteiger partial charge on any atom is -0.483 e.